The van der Waals surface area contributed by atoms with Crippen molar-refractivity contribution >= 4 is 23.4 Å². The number of likely N-dealkylation sites (N-methyl/N-ethyl adjacent to an activating group) is 1. The maximum absolute atomic E-state index is 13.3. The Morgan fingerprint density at radius 3 is 2.42 bits per heavy atom. The molecule has 1 aliphatic carbocycles. The number of carbonyl (C=O) groups excluding carboxylic acids is 3. The highest BCUT2D eigenvalue weighted by Gasteiger charge is 2.46. The lowest BCUT2D eigenvalue weighted by atomic mass is 9.95. The van der Waals surface area contributed by atoms with Crippen LogP contribution in [0.25, 0.3) is 0 Å². The van der Waals surface area contributed by atoms with E-state index in [9.17, 15) is 14.4 Å². The smallest absolute Gasteiger partial charge is 0.276 e. The molecule has 2 N–H and O–H groups in total. The Balaban J connectivity index is 1.52. The number of fused-ring (bicyclic) bond motifs is 1. The quantitative estimate of drug-likeness (QED) is 0.696. The molecule has 2 aromatic rings. The second-order valence-corrected chi connectivity index (χ2v) is 9.63. The van der Waals surface area contributed by atoms with Crippen molar-refractivity contribution in [3.05, 3.63) is 46.8 Å². The summed E-state index contributed by atoms with van der Waals surface area (Å²) in [6, 6.07) is 7.32. The van der Waals surface area contributed by atoms with Crippen molar-refractivity contribution in [3.8, 4) is 0 Å². The second kappa shape index (κ2) is 9.00. The lowest BCUT2D eigenvalue weighted by Gasteiger charge is -2.41. The topological polar surface area (TPSA) is 96.3 Å². The first kappa shape index (κ1) is 23.0. The van der Waals surface area contributed by atoms with E-state index in [0.717, 1.165) is 36.8 Å². The lowest BCUT2D eigenvalue weighted by Crippen LogP contribution is -2.63. The fourth-order valence-corrected chi connectivity index (χ4v) is 4.62. The molecule has 2 aliphatic rings. The number of hydrogen-bond donors (Lipinski definition) is 2. The minimum atomic E-state index is -1.08. The Kier molecular flexibility index (Phi) is 6.28. The summed E-state index contributed by atoms with van der Waals surface area (Å²) in [5, 5.41) is 10.4. The Labute approximate surface area is 194 Å². The highest BCUT2D eigenvalue weighted by molar-refractivity contribution is 6.05. The van der Waals surface area contributed by atoms with Crippen LogP contribution in [0.2, 0.25) is 0 Å². The van der Waals surface area contributed by atoms with E-state index in [0.29, 0.717) is 11.4 Å². The number of amides is 3. The van der Waals surface area contributed by atoms with Crippen molar-refractivity contribution in [2.45, 2.75) is 77.4 Å². The lowest BCUT2D eigenvalue weighted by molar-refractivity contribution is -0.133. The molecule has 0 radical (unpaired) electrons. The van der Waals surface area contributed by atoms with E-state index in [1.807, 2.05) is 32.0 Å². The van der Waals surface area contributed by atoms with Gasteiger partial charge in [-0.1, -0.05) is 31.7 Å². The minimum Gasteiger partial charge on any atom is -0.351 e. The number of hydrogen-bond acceptors (Lipinski definition) is 4. The van der Waals surface area contributed by atoms with E-state index in [1.165, 1.54) is 28.5 Å². The van der Waals surface area contributed by atoms with Gasteiger partial charge in [0.2, 0.25) is 5.91 Å². The molecule has 2 heterocycles. The predicted molar refractivity (Wildman–Crippen MR) is 126 cm³/mol. The van der Waals surface area contributed by atoms with Crippen molar-refractivity contribution in [1.29, 1.82) is 0 Å². The molecule has 4 rings (SSSR count). The molecule has 0 bridgehead atoms. The van der Waals surface area contributed by atoms with Crippen LogP contribution in [0, 0.1) is 13.8 Å². The van der Waals surface area contributed by atoms with Crippen LogP contribution in [0.1, 0.15) is 77.6 Å². The summed E-state index contributed by atoms with van der Waals surface area (Å²) in [5.74, 6) is -0.884. The molecule has 1 saturated carbocycles. The average Bonchev–Trinajstić information content (AvgIpc) is 3.03. The van der Waals surface area contributed by atoms with Gasteiger partial charge in [0.15, 0.2) is 5.69 Å². The van der Waals surface area contributed by atoms with Gasteiger partial charge < -0.3 is 15.5 Å². The van der Waals surface area contributed by atoms with Crippen LogP contribution in [-0.2, 0) is 11.3 Å². The number of nitrogens with one attached hydrogen (secondary N) is 2. The van der Waals surface area contributed by atoms with Gasteiger partial charge >= 0.3 is 0 Å². The largest absolute Gasteiger partial charge is 0.351 e. The van der Waals surface area contributed by atoms with E-state index >= 15 is 0 Å². The molecule has 0 unspecified atom stereocenters. The van der Waals surface area contributed by atoms with Crippen molar-refractivity contribution in [1.82, 2.24) is 20.0 Å². The first-order chi connectivity index (χ1) is 15.7. The molecular formula is C25H33N5O3. The van der Waals surface area contributed by atoms with Gasteiger partial charge in [0, 0.05) is 24.8 Å². The standard InChI is InChI=1S/C25H33N5O3/c1-16-11-12-19(13-17(16)2)26-22(31)20-14-21-23(32)29(4)25(3,15-30(21)28-20)24(33)27-18-9-7-5-6-8-10-18/h11-14,18H,5-10,15H2,1-4H3,(H,26,31)(H,27,33)/t25-/m0/s1. The molecule has 176 valence electrons. The number of carbonyl (C=O) groups is 3. The van der Waals surface area contributed by atoms with E-state index in [4.69, 9.17) is 0 Å². The molecule has 0 spiro atoms. The number of rotatable bonds is 4. The molecular weight excluding hydrogens is 418 g/mol. The Bertz CT molecular complexity index is 1080. The first-order valence-electron chi connectivity index (χ1n) is 11.7. The third-order valence-electron chi connectivity index (χ3n) is 7.18. The Morgan fingerprint density at radius 1 is 1.06 bits per heavy atom. The highest BCUT2D eigenvalue weighted by Crippen LogP contribution is 2.27. The summed E-state index contributed by atoms with van der Waals surface area (Å²) in [5.41, 5.74) is 2.26. The molecule has 0 saturated heterocycles. The molecule has 33 heavy (non-hydrogen) atoms. The number of aryl methyl sites for hydroxylation is 2. The zero-order valence-corrected chi connectivity index (χ0v) is 19.9. The van der Waals surface area contributed by atoms with Crippen LogP contribution in [0.4, 0.5) is 5.69 Å². The molecule has 1 aliphatic heterocycles. The van der Waals surface area contributed by atoms with Crippen LogP contribution in [0.3, 0.4) is 0 Å². The van der Waals surface area contributed by atoms with E-state index in [-0.39, 0.29) is 36.0 Å². The fourth-order valence-electron chi connectivity index (χ4n) is 4.62. The number of aromatic nitrogens is 2. The summed E-state index contributed by atoms with van der Waals surface area (Å²) in [4.78, 5) is 40.7. The summed E-state index contributed by atoms with van der Waals surface area (Å²) in [7, 11) is 1.64. The van der Waals surface area contributed by atoms with Crippen molar-refractivity contribution in [2.75, 3.05) is 12.4 Å². The Hall–Kier alpha value is -3.16. The highest BCUT2D eigenvalue weighted by atomic mass is 16.2. The van der Waals surface area contributed by atoms with Gasteiger partial charge in [0.25, 0.3) is 11.8 Å². The predicted octanol–water partition coefficient (Wildman–Crippen LogP) is 3.44. The van der Waals surface area contributed by atoms with Gasteiger partial charge in [0.05, 0.1) is 6.54 Å². The number of benzene rings is 1. The monoisotopic (exact) mass is 451 g/mol. The molecule has 1 aromatic heterocycles. The summed E-state index contributed by atoms with van der Waals surface area (Å²) >= 11 is 0. The summed E-state index contributed by atoms with van der Waals surface area (Å²) < 4.78 is 1.49. The zero-order chi connectivity index (χ0) is 23.8. The first-order valence-corrected chi connectivity index (χ1v) is 11.7. The maximum atomic E-state index is 13.3. The molecule has 1 aromatic carbocycles. The van der Waals surface area contributed by atoms with E-state index in [1.54, 1.807) is 14.0 Å². The Morgan fingerprint density at radius 2 is 1.76 bits per heavy atom. The van der Waals surface area contributed by atoms with Crippen molar-refractivity contribution in [2.24, 2.45) is 0 Å². The number of anilines is 1. The van der Waals surface area contributed by atoms with Crippen molar-refractivity contribution < 1.29 is 14.4 Å². The zero-order valence-electron chi connectivity index (χ0n) is 19.9. The number of nitrogens with zero attached hydrogens (tertiary/aromatic N) is 3. The van der Waals surface area contributed by atoms with Crippen LogP contribution < -0.4 is 10.6 Å². The minimum absolute atomic E-state index is 0.138. The van der Waals surface area contributed by atoms with Gasteiger partial charge in [-0.25, -0.2) is 0 Å². The molecule has 1 fully saturated rings. The van der Waals surface area contributed by atoms with Gasteiger partial charge in [-0.15, -0.1) is 0 Å². The van der Waals surface area contributed by atoms with Crippen LogP contribution in [0.15, 0.2) is 24.3 Å². The van der Waals surface area contributed by atoms with Gasteiger partial charge in [-0.05, 0) is 56.9 Å². The van der Waals surface area contributed by atoms with E-state index < -0.39 is 5.54 Å². The second-order valence-electron chi connectivity index (χ2n) is 9.63. The van der Waals surface area contributed by atoms with Crippen molar-refractivity contribution in [3.63, 3.8) is 0 Å². The third-order valence-corrected chi connectivity index (χ3v) is 7.18. The van der Waals surface area contributed by atoms with Crippen LogP contribution in [0.5, 0.6) is 0 Å². The summed E-state index contributed by atoms with van der Waals surface area (Å²) in [6.45, 7) is 5.95. The van der Waals surface area contributed by atoms with Crippen LogP contribution in [-0.4, -0.2) is 51.0 Å². The molecule has 8 heteroatoms. The fraction of sp³-hybridized carbons (Fsp3) is 0.520. The molecule has 1 atom stereocenters. The van der Waals surface area contributed by atoms with Gasteiger partial charge in [0.1, 0.15) is 11.2 Å². The normalized spacial score (nSPS) is 21.3. The summed E-state index contributed by atoms with van der Waals surface area (Å²) in [6.07, 6.45) is 6.55. The molecule has 3 amide bonds. The maximum Gasteiger partial charge on any atom is 0.276 e. The van der Waals surface area contributed by atoms with E-state index in [2.05, 4.69) is 15.7 Å². The SMILES string of the molecule is Cc1ccc(NC(=O)c2cc3n(n2)C[C@@](C)(C(=O)NC2CCCCCC2)N(C)C3=O)cc1C. The van der Waals surface area contributed by atoms with Gasteiger partial charge in [-0.3, -0.25) is 19.1 Å². The molecule has 8 nitrogen and oxygen atoms in total. The average molecular weight is 452 g/mol. The third kappa shape index (κ3) is 4.51. The van der Waals surface area contributed by atoms with Gasteiger partial charge in [-0.2, -0.15) is 5.10 Å². The van der Waals surface area contributed by atoms with Crippen LogP contribution >= 0.6 is 0 Å².